The van der Waals surface area contributed by atoms with E-state index in [-0.39, 0.29) is 11.4 Å². The van der Waals surface area contributed by atoms with Crippen LogP contribution in [0.2, 0.25) is 0 Å². The quantitative estimate of drug-likeness (QED) is 0.792. The zero-order chi connectivity index (χ0) is 12.9. The van der Waals surface area contributed by atoms with Crippen molar-refractivity contribution in [1.82, 2.24) is 4.90 Å². The van der Waals surface area contributed by atoms with Crippen LogP contribution in [-0.4, -0.2) is 43.2 Å². The fourth-order valence-corrected chi connectivity index (χ4v) is 2.06. The molecule has 1 saturated heterocycles. The van der Waals surface area contributed by atoms with E-state index in [0.717, 1.165) is 32.6 Å². The summed E-state index contributed by atoms with van der Waals surface area (Å²) >= 11 is 0. The van der Waals surface area contributed by atoms with Gasteiger partial charge in [0.05, 0.1) is 6.61 Å². The van der Waals surface area contributed by atoms with E-state index >= 15 is 0 Å². The number of amides is 1. The molecule has 1 atom stereocenters. The Kier molecular flexibility index (Phi) is 5.40. The van der Waals surface area contributed by atoms with E-state index in [2.05, 4.69) is 0 Å². The van der Waals surface area contributed by atoms with Gasteiger partial charge in [0.2, 0.25) is 5.91 Å². The summed E-state index contributed by atoms with van der Waals surface area (Å²) in [7, 11) is 1.88. The molecule has 0 aliphatic carbocycles. The van der Waals surface area contributed by atoms with Crippen LogP contribution in [0.25, 0.3) is 0 Å². The maximum absolute atomic E-state index is 11.9. The van der Waals surface area contributed by atoms with Gasteiger partial charge in [-0.3, -0.25) is 4.79 Å². The molecule has 4 nitrogen and oxygen atoms in total. The summed E-state index contributed by atoms with van der Waals surface area (Å²) in [4.78, 5) is 13.7. The van der Waals surface area contributed by atoms with Crippen LogP contribution < -0.4 is 5.73 Å². The van der Waals surface area contributed by atoms with Gasteiger partial charge in [-0.15, -0.1) is 0 Å². The van der Waals surface area contributed by atoms with E-state index in [4.69, 9.17) is 10.5 Å². The van der Waals surface area contributed by atoms with E-state index in [1.165, 1.54) is 6.42 Å². The standard InChI is InChI=1S/C13H26N2O2/c1-13(2,14)7-6-12(16)15(3)9-11-5-4-8-17-10-11/h11H,4-10,14H2,1-3H3. The summed E-state index contributed by atoms with van der Waals surface area (Å²) < 4.78 is 5.42. The number of carbonyl (C=O) groups is 1. The SMILES string of the molecule is CN(CC1CCCOC1)C(=O)CCC(C)(C)N. The minimum Gasteiger partial charge on any atom is -0.381 e. The predicted molar refractivity (Wildman–Crippen MR) is 68.7 cm³/mol. The molecule has 1 fully saturated rings. The second kappa shape index (κ2) is 6.36. The Labute approximate surface area is 104 Å². The van der Waals surface area contributed by atoms with Crippen LogP contribution in [0, 0.1) is 5.92 Å². The Morgan fingerprint density at radius 1 is 1.53 bits per heavy atom. The van der Waals surface area contributed by atoms with E-state index in [1.807, 2.05) is 25.8 Å². The number of nitrogens with two attached hydrogens (primary N) is 1. The van der Waals surface area contributed by atoms with Crippen molar-refractivity contribution in [3.63, 3.8) is 0 Å². The average molecular weight is 242 g/mol. The molecule has 2 N–H and O–H groups in total. The third kappa shape index (κ3) is 6.03. The first kappa shape index (κ1) is 14.5. The highest BCUT2D eigenvalue weighted by Gasteiger charge is 2.20. The first-order chi connectivity index (χ1) is 7.88. The van der Waals surface area contributed by atoms with Crippen molar-refractivity contribution in [2.45, 2.75) is 45.1 Å². The van der Waals surface area contributed by atoms with Crippen LogP contribution in [0.15, 0.2) is 0 Å². The molecule has 0 radical (unpaired) electrons. The maximum atomic E-state index is 11.9. The zero-order valence-corrected chi connectivity index (χ0v) is 11.4. The molecule has 17 heavy (non-hydrogen) atoms. The first-order valence-corrected chi connectivity index (χ1v) is 6.49. The van der Waals surface area contributed by atoms with Gasteiger partial charge >= 0.3 is 0 Å². The molecule has 1 aliphatic heterocycles. The number of hydrogen-bond acceptors (Lipinski definition) is 3. The minimum absolute atomic E-state index is 0.189. The molecular weight excluding hydrogens is 216 g/mol. The van der Waals surface area contributed by atoms with Gasteiger partial charge in [-0.05, 0) is 39.0 Å². The smallest absolute Gasteiger partial charge is 0.222 e. The van der Waals surface area contributed by atoms with Crippen molar-refractivity contribution in [3.8, 4) is 0 Å². The van der Waals surface area contributed by atoms with Gasteiger partial charge in [-0.2, -0.15) is 0 Å². The van der Waals surface area contributed by atoms with Crippen LogP contribution in [0.3, 0.4) is 0 Å². The van der Waals surface area contributed by atoms with Gasteiger partial charge in [-0.1, -0.05) is 0 Å². The van der Waals surface area contributed by atoms with Gasteiger partial charge in [0, 0.05) is 32.2 Å². The normalized spacial score (nSPS) is 21.3. The molecule has 0 bridgehead atoms. The van der Waals surface area contributed by atoms with Crippen molar-refractivity contribution < 1.29 is 9.53 Å². The highest BCUT2D eigenvalue weighted by atomic mass is 16.5. The molecule has 0 aromatic heterocycles. The molecule has 1 heterocycles. The lowest BCUT2D eigenvalue weighted by molar-refractivity contribution is -0.131. The highest BCUT2D eigenvalue weighted by Crippen LogP contribution is 2.15. The first-order valence-electron chi connectivity index (χ1n) is 6.49. The number of nitrogens with zero attached hydrogens (tertiary/aromatic N) is 1. The number of rotatable bonds is 5. The molecule has 1 amide bonds. The van der Waals surface area contributed by atoms with E-state index in [1.54, 1.807) is 0 Å². The van der Waals surface area contributed by atoms with Crippen LogP contribution in [0.4, 0.5) is 0 Å². The summed E-state index contributed by atoms with van der Waals surface area (Å²) in [5.74, 6) is 0.692. The second-order valence-electron chi connectivity index (χ2n) is 5.85. The Bertz CT molecular complexity index is 242. The minimum atomic E-state index is -0.259. The van der Waals surface area contributed by atoms with Crippen molar-refractivity contribution in [2.24, 2.45) is 11.7 Å². The van der Waals surface area contributed by atoms with Crippen molar-refractivity contribution in [1.29, 1.82) is 0 Å². The molecule has 1 rings (SSSR count). The summed E-state index contributed by atoms with van der Waals surface area (Å²) in [6.45, 7) is 6.38. The largest absolute Gasteiger partial charge is 0.381 e. The Morgan fingerprint density at radius 3 is 2.76 bits per heavy atom. The Balaban J connectivity index is 2.26. The molecule has 1 aliphatic rings. The van der Waals surface area contributed by atoms with Gasteiger partial charge in [-0.25, -0.2) is 0 Å². The fraction of sp³-hybridized carbons (Fsp3) is 0.923. The number of ether oxygens (including phenoxy) is 1. The number of hydrogen-bond donors (Lipinski definition) is 1. The van der Waals surface area contributed by atoms with Gasteiger partial charge in [0.15, 0.2) is 0 Å². The number of carbonyl (C=O) groups excluding carboxylic acids is 1. The van der Waals surface area contributed by atoms with E-state index in [0.29, 0.717) is 12.3 Å². The summed E-state index contributed by atoms with van der Waals surface area (Å²) in [6.07, 6.45) is 3.55. The Morgan fingerprint density at radius 2 is 2.24 bits per heavy atom. The van der Waals surface area contributed by atoms with Crippen LogP contribution in [0.5, 0.6) is 0 Å². The monoisotopic (exact) mass is 242 g/mol. The topological polar surface area (TPSA) is 55.6 Å². The Hall–Kier alpha value is -0.610. The predicted octanol–water partition coefficient (Wildman–Crippen LogP) is 1.39. The summed E-state index contributed by atoms with van der Waals surface area (Å²) in [5.41, 5.74) is 5.62. The zero-order valence-electron chi connectivity index (χ0n) is 11.4. The average Bonchev–Trinajstić information content (AvgIpc) is 2.26. The van der Waals surface area contributed by atoms with Gasteiger partial charge in [0.25, 0.3) is 0 Å². The van der Waals surface area contributed by atoms with Crippen LogP contribution in [0.1, 0.15) is 39.5 Å². The molecule has 100 valence electrons. The highest BCUT2D eigenvalue weighted by molar-refractivity contribution is 5.75. The van der Waals surface area contributed by atoms with Crippen LogP contribution in [-0.2, 0) is 9.53 Å². The molecule has 4 heteroatoms. The fourth-order valence-electron chi connectivity index (χ4n) is 2.06. The molecule has 0 aromatic rings. The molecular formula is C13H26N2O2. The molecule has 0 spiro atoms. The molecule has 0 saturated carbocycles. The second-order valence-corrected chi connectivity index (χ2v) is 5.85. The lowest BCUT2D eigenvalue weighted by Gasteiger charge is -2.28. The lowest BCUT2D eigenvalue weighted by Crippen LogP contribution is -2.37. The van der Waals surface area contributed by atoms with Gasteiger partial charge in [0.1, 0.15) is 0 Å². The van der Waals surface area contributed by atoms with E-state index < -0.39 is 0 Å². The van der Waals surface area contributed by atoms with Crippen molar-refractivity contribution in [3.05, 3.63) is 0 Å². The molecule has 1 unspecified atom stereocenters. The maximum Gasteiger partial charge on any atom is 0.222 e. The third-order valence-corrected chi connectivity index (χ3v) is 3.20. The van der Waals surface area contributed by atoms with Crippen LogP contribution >= 0.6 is 0 Å². The summed E-state index contributed by atoms with van der Waals surface area (Å²) in [5, 5.41) is 0. The molecule has 0 aromatic carbocycles. The van der Waals surface area contributed by atoms with Crippen molar-refractivity contribution in [2.75, 3.05) is 26.8 Å². The van der Waals surface area contributed by atoms with Gasteiger partial charge < -0.3 is 15.4 Å². The third-order valence-electron chi connectivity index (χ3n) is 3.20. The van der Waals surface area contributed by atoms with Crippen molar-refractivity contribution >= 4 is 5.91 Å². The van der Waals surface area contributed by atoms with E-state index in [9.17, 15) is 4.79 Å². The lowest BCUT2D eigenvalue weighted by atomic mass is 9.99. The summed E-state index contributed by atoms with van der Waals surface area (Å²) in [6, 6.07) is 0.